The third kappa shape index (κ3) is 2.78. The molecule has 0 bridgehead atoms. The summed E-state index contributed by atoms with van der Waals surface area (Å²) >= 11 is 0. The number of rotatable bonds is 4. The van der Waals surface area contributed by atoms with Crippen molar-refractivity contribution in [2.45, 2.75) is 53.0 Å². The standard InChI is InChI=1S/C19H26N4/c1-5-6-11-15(19(2,3)4)23-12-21-16-17(23)13-9-7-8-10-14(13)22-18(16)20/h7-10,12,15H,5-6,11H2,1-4H3,(H2,20,22)/t15-/m1/s1. The summed E-state index contributed by atoms with van der Waals surface area (Å²) < 4.78 is 2.32. The summed E-state index contributed by atoms with van der Waals surface area (Å²) in [5, 5.41) is 1.12. The summed E-state index contributed by atoms with van der Waals surface area (Å²) in [6.45, 7) is 9.13. The summed E-state index contributed by atoms with van der Waals surface area (Å²) in [5.41, 5.74) is 9.17. The zero-order valence-corrected chi connectivity index (χ0v) is 14.5. The van der Waals surface area contributed by atoms with Gasteiger partial charge >= 0.3 is 0 Å². The summed E-state index contributed by atoms with van der Waals surface area (Å²) in [7, 11) is 0. The first-order valence-corrected chi connectivity index (χ1v) is 8.44. The van der Waals surface area contributed by atoms with Crippen LogP contribution >= 0.6 is 0 Å². The fraction of sp³-hybridized carbons (Fsp3) is 0.474. The van der Waals surface area contributed by atoms with E-state index < -0.39 is 0 Å². The fourth-order valence-corrected chi connectivity index (χ4v) is 3.39. The number of hydrogen-bond donors (Lipinski definition) is 1. The maximum atomic E-state index is 6.16. The Balaban J connectivity index is 2.28. The number of nitrogens with zero attached hydrogens (tertiary/aromatic N) is 3. The number of nitrogen functional groups attached to an aromatic ring is 1. The van der Waals surface area contributed by atoms with Gasteiger partial charge in [-0.2, -0.15) is 0 Å². The molecule has 4 nitrogen and oxygen atoms in total. The molecule has 0 aliphatic heterocycles. The lowest BCUT2D eigenvalue weighted by Gasteiger charge is -2.32. The number of nitrogens with two attached hydrogens (primary N) is 1. The van der Waals surface area contributed by atoms with Gasteiger partial charge in [-0.3, -0.25) is 0 Å². The van der Waals surface area contributed by atoms with Crippen LogP contribution in [-0.2, 0) is 0 Å². The van der Waals surface area contributed by atoms with Crippen LogP contribution in [0.3, 0.4) is 0 Å². The van der Waals surface area contributed by atoms with Crippen molar-refractivity contribution in [2.75, 3.05) is 5.73 Å². The molecular formula is C19H26N4. The van der Waals surface area contributed by atoms with Gasteiger partial charge < -0.3 is 10.3 Å². The second kappa shape index (κ2) is 5.84. The lowest BCUT2D eigenvalue weighted by atomic mass is 9.83. The number of unbranched alkanes of at least 4 members (excludes halogenated alkanes) is 1. The van der Waals surface area contributed by atoms with Gasteiger partial charge in [-0.25, -0.2) is 9.97 Å². The Morgan fingerprint density at radius 3 is 2.65 bits per heavy atom. The highest BCUT2D eigenvalue weighted by Crippen LogP contribution is 2.38. The molecule has 1 aromatic carbocycles. The molecule has 0 aliphatic carbocycles. The van der Waals surface area contributed by atoms with Gasteiger partial charge in [0, 0.05) is 11.4 Å². The maximum Gasteiger partial charge on any atom is 0.152 e. The van der Waals surface area contributed by atoms with Gasteiger partial charge in [0.05, 0.1) is 17.4 Å². The Morgan fingerprint density at radius 2 is 1.96 bits per heavy atom. The average molecular weight is 310 g/mol. The molecule has 2 N–H and O–H groups in total. The highest BCUT2D eigenvalue weighted by molar-refractivity contribution is 6.06. The minimum atomic E-state index is 0.155. The lowest BCUT2D eigenvalue weighted by Crippen LogP contribution is -2.24. The number of pyridine rings is 1. The summed E-state index contributed by atoms with van der Waals surface area (Å²) in [6, 6.07) is 8.56. The van der Waals surface area contributed by atoms with E-state index in [1.165, 1.54) is 12.8 Å². The maximum absolute atomic E-state index is 6.16. The monoisotopic (exact) mass is 310 g/mol. The van der Waals surface area contributed by atoms with Crippen molar-refractivity contribution in [3.8, 4) is 0 Å². The number of hydrogen-bond acceptors (Lipinski definition) is 3. The molecule has 2 aromatic heterocycles. The minimum Gasteiger partial charge on any atom is -0.382 e. The van der Waals surface area contributed by atoms with Crippen molar-refractivity contribution >= 4 is 27.8 Å². The largest absolute Gasteiger partial charge is 0.382 e. The molecular weight excluding hydrogens is 284 g/mol. The van der Waals surface area contributed by atoms with E-state index in [9.17, 15) is 0 Å². The van der Waals surface area contributed by atoms with E-state index in [4.69, 9.17) is 5.73 Å². The van der Waals surface area contributed by atoms with Crippen LogP contribution in [0.1, 0.15) is 53.0 Å². The van der Waals surface area contributed by atoms with Crippen LogP contribution in [0.15, 0.2) is 30.6 Å². The molecule has 3 aromatic rings. The Kier molecular flexibility index (Phi) is 4.00. The summed E-state index contributed by atoms with van der Waals surface area (Å²) in [4.78, 5) is 9.09. The molecule has 23 heavy (non-hydrogen) atoms. The normalized spacial score (nSPS) is 13.7. The second-order valence-corrected chi connectivity index (χ2v) is 7.39. The van der Waals surface area contributed by atoms with Crippen LogP contribution in [0.25, 0.3) is 21.9 Å². The first-order chi connectivity index (χ1) is 10.9. The van der Waals surface area contributed by atoms with Crippen LogP contribution < -0.4 is 5.73 Å². The predicted octanol–water partition coefficient (Wildman–Crippen LogP) is 4.94. The van der Waals surface area contributed by atoms with Crippen molar-refractivity contribution in [1.29, 1.82) is 0 Å². The van der Waals surface area contributed by atoms with E-state index >= 15 is 0 Å². The molecule has 4 heteroatoms. The van der Waals surface area contributed by atoms with E-state index in [0.29, 0.717) is 11.9 Å². The van der Waals surface area contributed by atoms with Crippen LogP contribution in [0.4, 0.5) is 5.82 Å². The van der Waals surface area contributed by atoms with Gasteiger partial charge in [-0.1, -0.05) is 58.7 Å². The Morgan fingerprint density at radius 1 is 1.22 bits per heavy atom. The van der Waals surface area contributed by atoms with Gasteiger partial charge in [0.25, 0.3) is 0 Å². The topological polar surface area (TPSA) is 56.7 Å². The van der Waals surface area contributed by atoms with Crippen LogP contribution in [0.5, 0.6) is 0 Å². The fourth-order valence-electron chi connectivity index (χ4n) is 3.39. The van der Waals surface area contributed by atoms with E-state index in [0.717, 1.165) is 28.4 Å². The van der Waals surface area contributed by atoms with E-state index in [1.807, 2.05) is 18.5 Å². The molecule has 0 aliphatic rings. The third-order valence-electron chi connectivity index (χ3n) is 4.60. The first kappa shape index (κ1) is 15.8. The molecule has 3 rings (SSSR count). The molecule has 0 fully saturated rings. The first-order valence-electron chi connectivity index (χ1n) is 8.44. The van der Waals surface area contributed by atoms with Crippen molar-refractivity contribution in [3.63, 3.8) is 0 Å². The lowest BCUT2D eigenvalue weighted by molar-refractivity contribution is 0.229. The zero-order valence-electron chi connectivity index (χ0n) is 14.5. The van der Waals surface area contributed by atoms with E-state index in [-0.39, 0.29) is 5.41 Å². The summed E-state index contributed by atoms with van der Waals surface area (Å²) in [5.74, 6) is 0.514. The third-order valence-corrected chi connectivity index (χ3v) is 4.60. The average Bonchev–Trinajstić information content (AvgIpc) is 2.92. The highest BCUT2D eigenvalue weighted by atomic mass is 15.1. The van der Waals surface area contributed by atoms with Crippen molar-refractivity contribution in [1.82, 2.24) is 14.5 Å². The van der Waals surface area contributed by atoms with Crippen LogP contribution in [0.2, 0.25) is 0 Å². The molecule has 0 radical (unpaired) electrons. The van der Waals surface area contributed by atoms with Crippen molar-refractivity contribution in [3.05, 3.63) is 30.6 Å². The number of imidazole rings is 1. The molecule has 0 amide bonds. The Labute approximate surface area is 137 Å². The molecule has 2 heterocycles. The Bertz CT molecular complexity index is 826. The molecule has 122 valence electrons. The van der Waals surface area contributed by atoms with Gasteiger partial charge in [0.1, 0.15) is 5.52 Å². The molecule has 0 unspecified atom stereocenters. The molecule has 0 saturated carbocycles. The Hall–Kier alpha value is -2.10. The quantitative estimate of drug-likeness (QED) is 0.742. The predicted molar refractivity (Wildman–Crippen MR) is 97.5 cm³/mol. The molecule has 0 saturated heterocycles. The van der Waals surface area contributed by atoms with Crippen LogP contribution in [-0.4, -0.2) is 14.5 Å². The number of aromatic nitrogens is 3. The second-order valence-electron chi connectivity index (χ2n) is 7.39. The molecule has 1 atom stereocenters. The number of para-hydroxylation sites is 1. The van der Waals surface area contributed by atoms with E-state index in [2.05, 4.69) is 54.4 Å². The molecule has 0 spiro atoms. The number of benzene rings is 1. The van der Waals surface area contributed by atoms with Crippen molar-refractivity contribution < 1.29 is 0 Å². The van der Waals surface area contributed by atoms with Crippen LogP contribution in [0, 0.1) is 5.41 Å². The van der Waals surface area contributed by atoms with E-state index in [1.54, 1.807) is 0 Å². The van der Waals surface area contributed by atoms with Gasteiger partial charge in [0.2, 0.25) is 0 Å². The smallest absolute Gasteiger partial charge is 0.152 e. The summed E-state index contributed by atoms with van der Waals surface area (Å²) in [6.07, 6.45) is 5.49. The number of fused-ring (bicyclic) bond motifs is 3. The van der Waals surface area contributed by atoms with Gasteiger partial charge in [-0.05, 0) is 17.9 Å². The minimum absolute atomic E-state index is 0.155. The van der Waals surface area contributed by atoms with Gasteiger partial charge in [0.15, 0.2) is 5.82 Å². The number of anilines is 1. The highest BCUT2D eigenvalue weighted by Gasteiger charge is 2.28. The zero-order chi connectivity index (χ0) is 16.6. The SMILES string of the molecule is CCCC[C@@H](n1cnc2c(N)nc3ccccc3c21)C(C)(C)C. The van der Waals surface area contributed by atoms with Gasteiger partial charge in [-0.15, -0.1) is 0 Å². The van der Waals surface area contributed by atoms with Crippen molar-refractivity contribution in [2.24, 2.45) is 5.41 Å².